The molecule has 0 bridgehead atoms. The summed E-state index contributed by atoms with van der Waals surface area (Å²) in [5.41, 5.74) is 1.45. The zero-order valence-corrected chi connectivity index (χ0v) is 22.8. The number of likely N-dealkylation sites (tertiary alicyclic amines) is 1. The Hall–Kier alpha value is -2.04. The normalized spacial score (nSPS) is 18.4. The molecule has 2 fully saturated rings. The maximum atomic E-state index is 12.6. The highest BCUT2D eigenvalue weighted by atomic mass is 35.5. The Bertz CT molecular complexity index is 1210. The molecule has 2 aromatic carbocycles. The molecule has 0 radical (unpaired) electrons. The Morgan fingerprint density at radius 1 is 1.14 bits per heavy atom. The number of rotatable bonds is 10. The number of carbonyl (C=O) groups is 1. The van der Waals surface area contributed by atoms with E-state index in [1.807, 2.05) is 17.0 Å². The van der Waals surface area contributed by atoms with Crippen LogP contribution in [-0.2, 0) is 14.8 Å². The van der Waals surface area contributed by atoms with Crippen LogP contribution in [0.4, 0.5) is 5.69 Å². The summed E-state index contributed by atoms with van der Waals surface area (Å²) in [5.74, 6) is 1.63. The second-order valence-corrected chi connectivity index (χ2v) is 12.4. The number of hydrogen-bond donors (Lipinski definition) is 2. The largest absolute Gasteiger partial charge is 0.496 e. The lowest BCUT2D eigenvalue weighted by molar-refractivity contribution is -0.117. The minimum Gasteiger partial charge on any atom is -0.496 e. The van der Waals surface area contributed by atoms with Gasteiger partial charge in [-0.15, -0.1) is 0 Å². The standard InChI is InChI=1S/C25H31Cl2N3O5S/c1-15(2)20-12-18(4-7-23(20)34-3)35-25-21(26)10-17(11-22(25)27)28-24(31)14-30-9-8-16(13-30)29-36(32,33)19-5-6-19/h4,7,10-12,15-16,19,29H,5-6,8-9,13-14H2,1-3H3,(H,28,31)/t16-/m0/s1. The van der Waals surface area contributed by atoms with E-state index in [1.54, 1.807) is 25.3 Å². The molecular weight excluding hydrogens is 525 g/mol. The topological polar surface area (TPSA) is 97.0 Å². The molecule has 36 heavy (non-hydrogen) atoms. The summed E-state index contributed by atoms with van der Waals surface area (Å²) in [7, 11) is -1.62. The Morgan fingerprint density at radius 3 is 2.44 bits per heavy atom. The average molecular weight is 557 g/mol. The van der Waals surface area contributed by atoms with E-state index in [9.17, 15) is 13.2 Å². The number of nitrogens with zero attached hydrogens (tertiary/aromatic N) is 1. The van der Waals surface area contributed by atoms with Crippen molar-refractivity contribution in [1.82, 2.24) is 9.62 Å². The number of anilines is 1. The Balaban J connectivity index is 1.35. The van der Waals surface area contributed by atoms with E-state index in [4.69, 9.17) is 32.7 Å². The third-order valence-corrected chi connectivity index (χ3v) is 8.83. The molecule has 8 nitrogen and oxygen atoms in total. The predicted octanol–water partition coefficient (Wildman–Crippen LogP) is 5.01. The van der Waals surface area contributed by atoms with Crippen molar-refractivity contribution < 1.29 is 22.7 Å². The summed E-state index contributed by atoms with van der Waals surface area (Å²) in [5, 5.41) is 3.08. The van der Waals surface area contributed by atoms with Crippen LogP contribution in [-0.4, -0.2) is 57.3 Å². The molecule has 2 N–H and O–H groups in total. The number of hydrogen-bond acceptors (Lipinski definition) is 6. The van der Waals surface area contributed by atoms with Gasteiger partial charge in [-0.05, 0) is 55.5 Å². The van der Waals surface area contributed by atoms with E-state index in [2.05, 4.69) is 23.9 Å². The van der Waals surface area contributed by atoms with Gasteiger partial charge in [-0.1, -0.05) is 37.0 Å². The van der Waals surface area contributed by atoms with Crippen LogP contribution in [0.5, 0.6) is 17.2 Å². The van der Waals surface area contributed by atoms with Crippen molar-refractivity contribution in [3.8, 4) is 17.2 Å². The molecule has 1 atom stereocenters. The lowest BCUT2D eigenvalue weighted by atomic mass is 10.0. The van der Waals surface area contributed by atoms with Crippen LogP contribution in [0.3, 0.4) is 0 Å². The zero-order chi connectivity index (χ0) is 26.0. The summed E-state index contributed by atoms with van der Waals surface area (Å²) >= 11 is 12.9. The first-order valence-electron chi connectivity index (χ1n) is 11.9. The molecule has 0 aromatic heterocycles. The molecule has 4 rings (SSSR count). The summed E-state index contributed by atoms with van der Waals surface area (Å²) < 4.78 is 38.5. The van der Waals surface area contributed by atoms with Gasteiger partial charge in [0.25, 0.3) is 0 Å². The number of amides is 1. The Kier molecular flexibility index (Phi) is 8.36. The van der Waals surface area contributed by atoms with E-state index in [0.29, 0.717) is 36.7 Å². The number of nitrogens with one attached hydrogen (secondary N) is 2. The highest BCUT2D eigenvalue weighted by Crippen LogP contribution is 2.40. The van der Waals surface area contributed by atoms with Crippen molar-refractivity contribution in [2.24, 2.45) is 0 Å². The van der Waals surface area contributed by atoms with Crippen molar-refractivity contribution in [3.05, 3.63) is 45.9 Å². The first kappa shape index (κ1) is 27.0. The van der Waals surface area contributed by atoms with E-state index >= 15 is 0 Å². The second kappa shape index (κ2) is 11.1. The predicted molar refractivity (Wildman–Crippen MR) is 142 cm³/mol. The smallest absolute Gasteiger partial charge is 0.238 e. The van der Waals surface area contributed by atoms with Crippen LogP contribution in [0.25, 0.3) is 0 Å². The summed E-state index contributed by atoms with van der Waals surface area (Å²) in [6, 6.07) is 8.51. The third kappa shape index (κ3) is 6.63. The van der Waals surface area contributed by atoms with Gasteiger partial charge in [-0.2, -0.15) is 0 Å². The van der Waals surface area contributed by atoms with Crippen LogP contribution in [0.15, 0.2) is 30.3 Å². The van der Waals surface area contributed by atoms with Crippen LogP contribution >= 0.6 is 23.2 Å². The maximum Gasteiger partial charge on any atom is 0.238 e. The fourth-order valence-corrected chi connectivity index (χ4v) is 6.43. The Morgan fingerprint density at radius 2 is 1.83 bits per heavy atom. The first-order chi connectivity index (χ1) is 17.1. The molecule has 1 aliphatic heterocycles. The van der Waals surface area contributed by atoms with Crippen molar-refractivity contribution in [2.45, 2.75) is 50.3 Å². The van der Waals surface area contributed by atoms with Gasteiger partial charge in [0, 0.05) is 30.4 Å². The fraction of sp³-hybridized carbons (Fsp3) is 0.480. The lowest BCUT2D eigenvalue weighted by Gasteiger charge is -2.17. The van der Waals surface area contributed by atoms with Crippen LogP contribution in [0.1, 0.15) is 44.6 Å². The molecule has 1 amide bonds. The van der Waals surface area contributed by atoms with Gasteiger partial charge < -0.3 is 14.8 Å². The monoisotopic (exact) mass is 555 g/mol. The highest BCUT2D eigenvalue weighted by Gasteiger charge is 2.38. The van der Waals surface area contributed by atoms with E-state index in [1.165, 1.54) is 0 Å². The van der Waals surface area contributed by atoms with Gasteiger partial charge >= 0.3 is 0 Å². The quantitative estimate of drug-likeness (QED) is 0.427. The van der Waals surface area contributed by atoms with Gasteiger partial charge in [-0.3, -0.25) is 9.69 Å². The molecular formula is C25H31Cl2N3O5S. The number of methoxy groups -OCH3 is 1. The molecule has 1 saturated heterocycles. The molecule has 0 unspecified atom stereocenters. The van der Waals surface area contributed by atoms with Crippen LogP contribution in [0, 0.1) is 0 Å². The molecule has 196 valence electrons. The van der Waals surface area contributed by atoms with Gasteiger partial charge in [0.2, 0.25) is 15.9 Å². The number of ether oxygens (including phenoxy) is 2. The van der Waals surface area contributed by atoms with Gasteiger partial charge in [0.15, 0.2) is 5.75 Å². The molecule has 11 heteroatoms. The van der Waals surface area contributed by atoms with Gasteiger partial charge in [0.05, 0.1) is 28.9 Å². The van der Waals surface area contributed by atoms with Crippen LogP contribution in [0.2, 0.25) is 10.0 Å². The maximum absolute atomic E-state index is 12.6. The number of sulfonamides is 1. The average Bonchev–Trinajstić information content (AvgIpc) is 3.59. The van der Waals surface area contributed by atoms with Crippen molar-refractivity contribution in [1.29, 1.82) is 0 Å². The molecule has 0 spiro atoms. The minimum atomic E-state index is -3.24. The first-order valence-corrected chi connectivity index (χ1v) is 14.2. The zero-order valence-electron chi connectivity index (χ0n) is 20.5. The summed E-state index contributed by atoms with van der Waals surface area (Å²) in [4.78, 5) is 14.5. The minimum absolute atomic E-state index is 0.138. The molecule has 2 aliphatic rings. The molecule has 2 aromatic rings. The summed E-state index contributed by atoms with van der Waals surface area (Å²) in [6.07, 6.45) is 2.12. The molecule has 1 saturated carbocycles. The van der Waals surface area contributed by atoms with E-state index < -0.39 is 10.0 Å². The van der Waals surface area contributed by atoms with Gasteiger partial charge in [-0.25, -0.2) is 13.1 Å². The summed E-state index contributed by atoms with van der Waals surface area (Å²) in [6.45, 7) is 5.40. The second-order valence-electron chi connectivity index (χ2n) is 9.56. The highest BCUT2D eigenvalue weighted by molar-refractivity contribution is 7.90. The number of carbonyl (C=O) groups excluding carboxylic acids is 1. The van der Waals surface area contributed by atoms with Crippen molar-refractivity contribution >= 4 is 44.8 Å². The SMILES string of the molecule is COc1ccc(Oc2c(Cl)cc(NC(=O)CN3CC[C@H](NS(=O)(=O)C4CC4)C3)cc2Cl)cc1C(C)C. The van der Waals surface area contributed by atoms with Gasteiger partial charge in [0.1, 0.15) is 11.5 Å². The van der Waals surface area contributed by atoms with Crippen LogP contribution < -0.4 is 19.5 Å². The molecule has 1 aliphatic carbocycles. The number of benzene rings is 2. The molecule has 1 heterocycles. The van der Waals surface area contributed by atoms with E-state index in [-0.39, 0.29) is 39.7 Å². The fourth-order valence-electron chi connectivity index (χ4n) is 4.26. The van der Waals surface area contributed by atoms with Crippen molar-refractivity contribution in [2.75, 3.05) is 32.1 Å². The Labute approximate surface area is 222 Å². The number of halogens is 2. The third-order valence-electron chi connectivity index (χ3n) is 6.26. The van der Waals surface area contributed by atoms with E-state index in [0.717, 1.165) is 24.2 Å². The van der Waals surface area contributed by atoms with Crippen molar-refractivity contribution in [3.63, 3.8) is 0 Å². The lowest BCUT2D eigenvalue weighted by Crippen LogP contribution is -2.40.